The number of hydrogen-bond acceptors (Lipinski definition) is 0. The van der Waals surface area contributed by atoms with E-state index >= 15 is 0 Å². The van der Waals surface area contributed by atoms with Gasteiger partial charge in [0.25, 0.3) is 0 Å². The van der Waals surface area contributed by atoms with Gasteiger partial charge in [-0.2, -0.15) is 0 Å². The van der Waals surface area contributed by atoms with E-state index in [1.54, 1.807) is 0 Å². The van der Waals surface area contributed by atoms with E-state index in [4.69, 9.17) is 0 Å². The fourth-order valence-electron chi connectivity index (χ4n) is 9.75. The lowest BCUT2D eigenvalue weighted by Crippen LogP contribution is -2.28. The Morgan fingerprint density at radius 2 is 0.927 bits per heavy atom. The van der Waals surface area contributed by atoms with Gasteiger partial charge < -0.3 is 14.5 Å². The fourth-order valence-corrected chi connectivity index (χ4v) is 9.75. The van der Waals surface area contributed by atoms with Crippen LogP contribution in [0.4, 0.5) is 0 Å². The van der Waals surface area contributed by atoms with Gasteiger partial charge in [-0.25, -0.2) is 0 Å². The van der Waals surface area contributed by atoms with E-state index in [9.17, 15) is 0 Å². The van der Waals surface area contributed by atoms with Gasteiger partial charge >= 0.3 is 0 Å². The minimum absolute atomic E-state index is 0.458. The molecule has 55 heavy (non-hydrogen) atoms. The smallest absolute Gasteiger partial charge is 0.124 e. The van der Waals surface area contributed by atoms with Crippen molar-refractivity contribution in [1.82, 2.24) is 19.1 Å². The highest BCUT2D eigenvalue weighted by Crippen LogP contribution is 2.58. The zero-order valence-corrected chi connectivity index (χ0v) is 29.9. The lowest BCUT2D eigenvalue weighted by atomic mass is 9.67. The quantitative estimate of drug-likeness (QED) is 0.179. The van der Waals surface area contributed by atoms with Gasteiger partial charge in [0.05, 0.1) is 16.4 Å². The highest BCUT2D eigenvalue weighted by Gasteiger charge is 2.47. The first-order chi connectivity index (χ1) is 27.3. The van der Waals surface area contributed by atoms with Crippen molar-refractivity contribution in [1.29, 1.82) is 0 Å². The van der Waals surface area contributed by atoms with Crippen LogP contribution in [-0.2, 0) is 5.41 Å². The van der Waals surface area contributed by atoms with E-state index in [1.807, 2.05) is 12.4 Å². The van der Waals surface area contributed by atoms with Crippen LogP contribution < -0.4 is 0 Å². The van der Waals surface area contributed by atoms with Crippen molar-refractivity contribution >= 4 is 43.9 Å². The molecule has 4 nitrogen and oxygen atoms in total. The summed E-state index contributed by atoms with van der Waals surface area (Å²) in [7, 11) is 0. The number of hydrogen-bond donors (Lipinski definition) is 2. The van der Waals surface area contributed by atoms with Crippen LogP contribution in [0.1, 0.15) is 22.3 Å². The van der Waals surface area contributed by atoms with E-state index in [-0.39, 0.29) is 0 Å². The molecule has 4 heterocycles. The lowest BCUT2D eigenvalue weighted by Gasteiger charge is -2.33. The van der Waals surface area contributed by atoms with Crippen molar-refractivity contribution in [3.05, 3.63) is 217 Å². The van der Waals surface area contributed by atoms with Crippen molar-refractivity contribution in [2.45, 2.75) is 5.41 Å². The lowest BCUT2D eigenvalue weighted by molar-refractivity contribution is 0.769. The van der Waals surface area contributed by atoms with Crippen LogP contribution in [-0.4, -0.2) is 19.1 Å². The van der Waals surface area contributed by atoms with Gasteiger partial charge in [0.15, 0.2) is 0 Å². The first kappa shape index (κ1) is 30.2. The summed E-state index contributed by atoms with van der Waals surface area (Å²) in [5, 5.41) is 4.96. The maximum Gasteiger partial charge on any atom is 0.124 e. The predicted molar refractivity (Wildman–Crippen MR) is 227 cm³/mol. The predicted octanol–water partition coefficient (Wildman–Crippen LogP) is 12.6. The molecule has 0 fully saturated rings. The van der Waals surface area contributed by atoms with Crippen LogP contribution in [0.3, 0.4) is 0 Å². The molecule has 1 aliphatic rings. The Morgan fingerprint density at radius 1 is 0.382 bits per heavy atom. The van der Waals surface area contributed by atoms with Gasteiger partial charge in [0.1, 0.15) is 11.3 Å². The number of benzene rings is 7. The fraction of sp³-hybridized carbons (Fsp3) is 0.0196. The zero-order valence-electron chi connectivity index (χ0n) is 29.9. The number of rotatable bonds is 5. The van der Waals surface area contributed by atoms with Crippen molar-refractivity contribution in [3.63, 3.8) is 0 Å². The van der Waals surface area contributed by atoms with E-state index in [2.05, 4.69) is 201 Å². The van der Waals surface area contributed by atoms with Crippen molar-refractivity contribution in [2.75, 3.05) is 0 Å². The van der Waals surface area contributed by atoms with Crippen LogP contribution >= 0.6 is 0 Å². The Kier molecular flexibility index (Phi) is 6.23. The first-order valence-electron chi connectivity index (χ1n) is 18.9. The molecule has 4 heteroatoms. The summed E-state index contributed by atoms with van der Waals surface area (Å²) in [6, 6.07) is 67.0. The van der Waals surface area contributed by atoms with Crippen LogP contribution in [0.15, 0.2) is 194 Å². The summed E-state index contributed by atoms with van der Waals surface area (Å²) in [6.45, 7) is 0. The van der Waals surface area contributed by atoms with Crippen LogP contribution in [0, 0.1) is 0 Å². The SMILES string of the molecule is c1ccc(C2(c3ccccc3)c3ccccc3-c3c2ccc2c4ccccc4n(-c4ccc(-c5ccc(-n6c7[nH]ccc7c7cc[nH]c76)cc5)cc4)c32)cc1. The number of fused-ring (bicyclic) bond motifs is 10. The molecule has 0 unspecified atom stereocenters. The average Bonchev–Trinajstić information content (AvgIpc) is 4.08. The Bertz CT molecular complexity index is 3140. The third-order valence-electron chi connectivity index (χ3n) is 12.0. The first-order valence-corrected chi connectivity index (χ1v) is 18.9. The normalized spacial score (nSPS) is 13.2. The van der Waals surface area contributed by atoms with Crippen molar-refractivity contribution < 1.29 is 0 Å². The molecule has 0 saturated carbocycles. The molecule has 0 spiro atoms. The second-order valence-electron chi connectivity index (χ2n) is 14.7. The molecule has 0 saturated heterocycles. The number of aromatic amines is 2. The van der Waals surface area contributed by atoms with Gasteiger partial charge in [-0.1, -0.05) is 140 Å². The molecule has 7 aromatic carbocycles. The molecule has 1 aliphatic carbocycles. The highest BCUT2D eigenvalue weighted by atomic mass is 15.1. The van der Waals surface area contributed by atoms with E-state index < -0.39 is 5.41 Å². The van der Waals surface area contributed by atoms with Gasteiger partial charge in [-0.05, 0) is 81.4 Å². The van der Waals surface area contributed by atoms with E-state index in [0.29, 0.717) is 0 Å². The number of aromatic nitrogens is 4. The molecule has 0 atom stereocenters. The minimum atomic E-state index is -0.458. The third kappa shape index (κ3) is 4.05. The maximum absolute atomic E-state index is 3.44. The molecule has 0 aliphatic heterocycles. The zero-order chi connectivity index (χ0) is 36.1. The van der Waals surface area contributed by atoms with E-state index in [0.717, 1.165) is 22.7 Å². The molecule has 4 aromatic heterocycles. The second-order valence-corrected chi connectivity index (χ2v) is 14.7. The number of nitrogens with one attached hydrogen (secondary N) is 2. The molecule has 0 amide bonds. The standard InChI is InChI=1S/C51H34N4/c1-3-11-35(12-4-1)51(36-13-5-2-6-14-36)44-17-9-7-16-43(44)47-45(51)28-27-40-39-15-8-10-18-46(39)54(48(40)47)37-23-19-33(20-24-37)34-21-25-38(26-22-34)55-49-41(29-31-52-49)42-30-32-53-50(42)55/h1-32,52-53H. The Hall–Kier alpha value is -7.30. The largest absolute Gasteiger partial charge is 0.347 e. The summed E-state index contributed by atoms with van der Waals surface area (Å²) in [5.41, 5.74) is 16.6. The molecule has 258 valence electrons. The number of para-hydroxylation sites is 1. The second kappa shape index (κ2) is 11.3. The highest BCUT2D eigenvalue weighted by molar-refractivity contribution is 6.16. The van der Waals surface area contributed by atoms with Crippen molar-refractivity contribution in [2.24, 2.45) is 0 Å². The molecular weight excluding hydrogens is 669 g/mol. The van der Waals surface area contributed by atoms with Crippen LogP contribution in [0.25, 0.3) is 77.5 Å². The minimum Gasteiger partial charge on any atom is -0.347 e. The molecule has 2 N–H and O–H groups in total. The van der Waals surface area contributed by atoms with Crippen molar-refractivity contribution in [3.8, 4) is 33.6 Å². The monoisotopic (exact) mass is 702 g/mol. The summed E-state index contributed by atoms with van der Waals surface area (Å²) in [5.74, 6) is 0. The van der Waals surface area contributed by atoms with Gasteiger partial charge in [0.2, 0.25) is 0 Å². The third-order valence-corrected chi connectivity index (χ3v) is 12.0. The molecule has 0 bridgehead atoms. The topological polar surface area (TPSA) is 41.4 Å². The Morgan fingerprint density at radius 3 is 1.56 bits per heavy atom. The van der Waals surface area contributed by atoms with Gasteiger partial charge in [0, 0.05) is 50.9 Å². The van der Waals surface area contributed by atoms with E-state index in [1.165, 1.54) is 77.1 Å². The number of H-pyrrole nitrogens is 2. The Balaban J connectivity index is 1.04. The van der Waals surface area contributed by atoms with Crippen LogP contribution in [0.2, 0.25) is 0 Å². The average molecular weight is 703 g/mol. The summed E-state index contributed by atoms with van der Waals surface area (Å²) in [6.07, 6.45) is 4.02. The van der Waals surface area contributed by atoms with Crippen LogP contribution in [0.5, 0.6) is 0 Å². The molecule has 0 radical (unpaired) electrons. The summed E-state index contributed by atoms with van der Waals surface area (Å²) >= 11 is 0. The summed E-state index contributed by atoms with van der Waals surface area (Å²) < 4.78 is 4.76. The number of nitrogens with zero attached hydrogens (tertiary/aromatic N) is 2. The molecule has 11 aromatic rings. The molecular formula is C51H34N4. The molecule has 12 rings (SSSR count). The van der Waals surface area contributed by atoms with Gasteiger partial charge in [-0.3, -0.25) is 4.57 Å². The summed E-state index contributed by atoms with van der Waals surface area (Å²) in [4.78, 5) is 6.87. The van der Waals surface area contributed by atoms with Gasteiger partial charge in [-0.15, -0.1) is 0 Å². The maximum atomic E-state index is 3.44. The Labute approximate surface area is 317 Å².